The van der Waals surface area contributed by atoms with Crippen molar-refractivity contribution in [1.29, 1.82) is 0 Å². The molecule has 0 unspecified atom stereocenters. The Balaban J connectivity index is 0.00000116. The number of aliphatic hydroxyl groups is 1. The maximum absolute atomic E-state index is 12.8. The quantitative estimate of drug-likeness (QED) is 0.0218. The first-order valence-corrected chi connectivity index (χ1v) is 20.5. The number of benzene rings is 2. The number of nitrogen functional groups attached to an aromatic ring is 2. The van der Waals surface area contributed by atoms with Crippen LogP contribution >= 0.6 is 15.9 Å². The molecule has 0 aliphatic rings. The van der Waals surface area contributed by atoms with Gasteiger partial charge in [-0.3, -0.25) is 30.0 Å². The molecule has 0 radical (unpaired) electrons. The predicted molar refractivity (Wildman–Crippen MR) is 253 cm³/mol. The summed E-state index contributed by atoms with van der Waals surface area (Å²) < 4.78 is 27.0. The summed E-state index contributed by atoms with van der Waals surface area (Å²) in [6.07, 6.45) is 6.26. The number of halogens is 1. The summed E-state index contributed by atoms with van der Waals surface area (Å²) in [5.41, 5.74) is 11.8. The van der Waals surface area contributed by atoms with E-state index in [0.29, 0.717) is 48.7 Å². The van der Waals surface area contributed by atoms with E-state index in [4.69, 9.17) is 40.3 Å². The van der Waals surface area contributed by atoms with Crippen molar-refractivity contribution in [3.8, 4) is 17.4 Å². The first kappa shape index (κ1) is 57.2. The van der Waals surface area contributed by atoms with Crippen LogP contribution in [0.3, 0.4) is 0 Å². The largest absolute Gasteiger partial charge is 0.490 e. The number of amides is 2. The average molecular weight is 1150 g/mol. The van der Waals surface area contributed by atoms with Crippen LogP contribution in [0.2, 0.25) is 0 Å². The van der Waals surface area contributed by atoms with Crippen molar-refractivity contribution in [2.75, 3.05) is 60.9 Å². The number of pyridine rings is 2. The number of hydrogen-bond acceptors (Lipinski definition) is 16. The Kier molecular flexibility index (Phi) is 27.0. The van der Waals surface area contributed by atoms with Gasteiger partial charge in [0.15, 0.2) is 0 Å². The van der Waals surface area contributed by atoms with E-state index in [1.807, 2.05) is 0 Å². The number of nitro groups is 2. The average Bonchev–Trinajstić information content (AvgIpc) is 3.26. The number of ether oxygens (including phenoxy) is 5. The summed E-state index contributed by atoms with van der Waals surface area (Å²) in [7, 11) is 0. The Labute approximate surface area is 406 Å². The molecule has 66 heavy (non-hydrogen) atoms. The minimum atomic E-state index is -0.782. The second-order valence-electron chi connectivity index (χ2n) is 12.7. The van der Waals surface area contributed by atoms with E-state index in [9.17, 15) is 29.8 Å². The monoisotopic (exact) mass is 1150 g/mol. The molecule has 22 heteroatoms. The van der Waals surface area contributed by atoms with Crippen molar-refractivity contribution in [2.45, 2.75) is 39.8 Å². The number of carbonyl (C=O) groups excluding carboxylic acids is 2. The minimum absolute atomic E-state index is 0. The molecular weight excluding hydrogens is 1100 g/mol. The summed E-state index contributed by atoms with van der Waals surface area (Å²) in [5, 5.41) is 31.3. The number of nitrogens with zero attached hydrogens (tertiary/aromatic N) is 6. The van der Waals surface area contributed by atoms with Gasteiger partial charge >= 0.3 is 23.6 Å². The van der Waals surface area contributed by atoms with Crippen molar-refractivity contribution in [3.63, 3.8) is 0 Å². The molecule has 4 aromatic rings. The molecule has 0 saturated carbocycles. The molecule has 0 atom stereocenters. The van der Waals surface area contributed by atoms with Crippen LogP contribution in [0.5, 0.6) is 17.4 Å². The van der Waals surface area contributed by atoms with Gasteiger partial charge in [0.25, 0.3) is 0 Å². The molecule has 2 aromatic heterocycles. The van der Waals surface area contributed by atoms with E-state index in [1.165, 1.54) is 12.1 Å². The molecule has 2 aromatic carbocycles. The smallest absolute Gasteiger partial charge is 0.414 e. The summed E-state index contributed by atoms with van der Waals surface area (Å²) in [6.45, 7) is 18.7. The number of carbonyl (C=O) groups is 2. The maximum atomic E-state index is 12.8. The zero-order valence-electron chi connectivity index (χ0n) is 36.5. The number of aromatic nitrogens is 2. The number of rotatable bonds is 22. The Morgan fingerprint density at radius 1 is 0.742 bits per heavy atom. The van der Waals surface area contributed by atoms with E-state index >= 15 is 0 Å². The number of nitrogens with two attached hydrogens (primary N) is 2. The van der Waals surface area contributed by atoms with Gasteiger partial charge < -0.3 is 40.3 Å². The molecular formula is C44H55BrN8O12W. The maximum Gasteiger partial charge on any atom is 0.414 e. The normalized spacial score (nSPS) is 9.82. The van der Waals surface area contributed by atoms with Gasteiger partial charge in [-0.05, 0) is 78.0 Å². The fraction of sp³-hybridized carbons (Fsp3) is 0.273. The van der Waals surface area contributed by atoms with Gasteiger partial charge in [0.2, 0.25) is 17.5 Å². The Morgan fingerprint density at radius 2 is 1.20 bits per heavy atom. The molecule has 0 bridgehead atoms. The van der Waals surface area contributed by atoms with Crippen molar-refractivity contribution in [3.05, 3.63) is 147 Å². The summed E-state index contributed by atoms with van der Waals surface area (Å²) >= 11 is 3.16. The van der Waals surface area contributed by atoms with E-state index in [0.717, 1.165) is 9.80 Å². The summed E-state index contributed by atoms with van der Waals surface area (Å²) in [4.78, 5) is 57.3. The van der Waals surface area contributed by atoms with Crippen LogP contribution in [0.1, 0.15) is 39.2 Å². The van der Waals surface area contributed by atoms with Gasteiger partial charge in [-0.2, -0.15) is 4.98 Å². The van der Waals surface area contributed by atoms with E-state index in [-0.39, 0.29) is 95.5 Å². The molecule has 20 nitrogen and oxygen atoms in total. The molecule has 0 aliphatic carbocycles. The van der Waals surface area contributed by atoms with Crippen molar-refractivity contribution < 1.29 is 70.7 Å². The Morgan fingerprint density at radius 3 is 1.59 bits per heavy atom. The van der Waals surface area contributed by atoms with Crippen LogP contribution in [-0.4, -0.2) is 76.7 Å². The molecule has 5 N–H and O–H groups in total. The molecule has 0 fully saturated rings. The van der Waals surface area contributed by atoms with Gasteiger partial charge in [-0.25, -0.2) is 14.6 Å². The summed E-state index contributed by atoms with van der Waals surface area (Å²) in [6, 6.07) is 16.6. The van der Waals surface area contributed by atoms with Gasteiger partial charge in [0.1, 0.15) is 40.7 Å². The SMILES string of the molecule is C=CCCO.C=CCCOc1cc(N(Cc2cccc(OCC=C)c2)C(=O)OCC)c([N+](=O)[O-])c(N)n1.C=CCOc1cccc(CN(C(=O)OCC)c2cc(Br)nc(N)c2[N+](=O)[O-])c1.[2HH].[W]. The minimum Gasteiger partial charge on any atom is -0.490 e. The topological polar surface area (TPSA) is 271 Å². The van der Waals surface area contributed by atoms with Gasteiger partial charge in [0.05, 0.1) is 42.8 Å². The second kappa shape index (κ2) is 31.1. The zero-order chi connectivity index (χ0) is 48.3. The molecule has 0 saturated heterocycles. The zero-order valence-corrected chi connectivity index (χ0v) is 41.1. The summed E-state index contributed by atoms with van der Waals surface area (Å²) in [5.74, 6) is 0.488. The third-order valence-electron chi connectivity index (χ3n) is 7.99. The first-order valence-electron chi connectivity index (χ1n) is 19.7. The van der Waals surface area contributed by atoms with Crippen LogP contribution in [0.4, 0.5) is 44.0 Å². The van der Waals surface area contributed by atoms with E-state index in [1.54, 1.807) is 86.7 Å². The molecule has 2 amide bonds. The molecule has 0 aliphatic heterocycles. The Hall–Kier alpha value is -6.83. The van der Waals surface area contributed by atoms with Crippen LogP contribution in [0.25, 0.3) is 0 Å². The number of aliphatic hydroxyl groups excluding tert-OH is 1. The fourth-order valence-electron chi connectivity index (χ4n) is 5.27. The third kappa shape index (κ3) is 18.7. The molecule has 2 heterocycles. The second-order valence-corrected chi connectivity index (χ2v) is 13.5. The molecule has 0 spiro atoms. The molecule has 356 valence electrons. The number of hydrogen-bond donors (Lipinski definition) is 3. The predicted octanol–water partition coefficient (Wildman–Crippen LogP) is 9.12. The molecule has 4 rings (SSSR count). The fourth-order valence-corrected chi connectivity index (χ4v) is 5.68. The van der Waals surface area contributed by atoms with E-state index < -0.39 is 33.4 Å². The van der Waals surface area contributed by atoms with Crippen molar-refractivity contribution in [2.24, 2.45) is 0 Å². The van der Waals surface area contributed by atoms with Crippen LogP contribution in [-0.2, 0) is 43.6 Å². The van der Waals surface area contributed by atoms with Crippen LogP contribution < -0.4 is 35.5 Å². The van der Waals surface area contributed by atoms with Gasteiger partial charge in [-0.1, -0.05) is 61.7 Å². The van der Waals surface area contributed by atoms with Gasteiger partial charge in [-0.15, -0.1) is 13.2 Å². The van der Waals surface area contributed by atoms with Crippen LogP contribution in [0, 0.1) is 20.2 Å². The third-order valence-corrected chi connectivity index (χ3v) is 8.39. The Bertz CT molecular complexity index is 2280. The standard InChI is InChI=1S/C22H26N4O6.C18H19BrN4O5.C4H8O.W.H2/c1-4-7-12-32-19-14-18(20(26(28)29)21(23)24-19)25(22(27)30-6-3)15-16-9-8-10-17(13-16)31-11-5-2;1-3-8-28-13-7-5-6-12(9-13)11-22(18(24)27-4-2)14-10-15(19)21-17(20)16(14)23(25)26;1-2-3-4-5;;/h4-5,8-10,13-14H,1-2,6-7,11-12,15H2,3H3,(H2,23,24);3,5-7,9-10H,1,4,8,11H2,2H3,(H2,20,21);2,5H,1,3-4H2;;1H/i;;;;1+1. The first-order chi connectivity index (χ1) is 31.2. The van der Waals surface area contributed by atoms with E-state index in [2.05, 4.69) is 52.2 Å². The van der Waals surface area contributed by atoms with Gasteiger partial charge in [0, 0.05) is 41.2 Å². The number of anilines is 4. The van der Waals surface area contributed by atoms with Crippen molar-refractivity contribution in [1.82, 2.24) is 9.97 Å². The van der Waals surface area contributed by atoms with Crippen LogP contribution in [0.15, 0.2) is 116 Å². The van der Waals surface area contributed by atoms with Crippen molar-refractivity contribution >= 4 is 62.5 Å².